The second kappa shape index (κ2) is 11.3. The van der Waals surface area contributed by atoms with Gasteiger partial charge >= 0.3 is 0 Å². The molecular formula is C11H26N2O3. The molecule has 0 bridgehead atoms. The van der Waals surface area contributed by atoms with E-state index in [0.717, 1.165) is 19.5 Å². The molecule has 98 valence electrons. The Balaban J connectivity index is 3.14. The lowest BCUT2D eigenvalue weighted by Gasteiger charge is -2.13. The molecule has 0 fully saturated rings. The molecule has 0 aliphatic carbocycles. The van der Waals surface area contributed by atoms with E-state index in [9.17, 15) is 5.11 Å². The predicted octanol–water partition coefficient (Wildman–Crippen LogP) is -0.448. The van der Waals surface area contributed by atoms with Gasteiger partial charge in [-0.25, -0.2) is 0 Å². The molecule has 0 aromatic rings. The first-order valence-corrected chi connectivity index (χ1v) is 5.77. The molecule has 0 aromatic carbocycles. The molecule has 0 rings (SSSR count). The molecule has 16 heavy (non-hydrogen) atoms. The highest BCUT2D eigenvalue weighted by Gasteiger charge is 2.02. The minimum atomic E-state index is -0.434. The number of aliphatic hydroxyl groups is 1. The van der Waals surface area contributed by atoms with Crippen LogP contribution in [0.25, 0.3) is 0 Å². The van der Waals surface area contributed by atoms with Crippen LogP contribution < -0.4 is 5.32 Å². The second-order valence-corrected chi connectivity index (χ2v) is 4.08. The maximum Gasteiger partial charge on any atom is 0.0897 e. The zero-order valence-corrected chi connectivity index (χ0v) is 10.7. The van der Waals surface area contributed by atoms with Gasteiger partial charge in [-0.3, -0.25) is 0 Å². The van der Waals surface area contributed by atoms with Gasteiger partial charge in [0.2, 0.25) is 0 Å². The zero-order chi connectivity index (χ0) is 12.2. The van der Waals surface area contributed by atoms with Gasteiger partial charge in [0.1, 0.15) is 0 Å². The van der Waals surface area contributed by atoms with Crippen LogP contribution in [0.2, 0.25) is 0 Å². The third-order valence-electron chi connectivity index (χ3n) is 2.08. The second-order valence-electron chi connectivity index (χ2n) is 4.08. The minimum absolute atomic E-state index is 0.365. The van der Waals surface area contributed by atoms with Gasteiger partial charge in [0.15, 0.2) is 0 Å². The van der Waals surface area contributed by atoms with E-state index in [-0.39, 0.29) is 0 Å². The Morgan fingerprint density at radius 3 is 2.69 bits per heavy atom. The summed E-state index contributed by atoms with van der Waals surface area (Å²) in [6.07, 6.45) is 0.653. The smallest absolute Gasteiger partial charge is 0.0897 e. The van der Waals surface area contributed by atoms with Gasteiger partial charge in [-0.2, -0.15) is 0 Å². The van der Waals surface area contributed by atoms with Crippen molar-refractivity contribution in [2.24, 2.45) is 0 Å². The van der Waals surface area contributed by atoms with Crippen molar-refractivity contribution in [3.05, 3.63) is 0 Å². The highest BCUT2D eigenvalue weighted by Crippen LogP contribution is 1.86. The fourth-order valence-electron chi connectivity index (χ4n) is 1.21. The van der Waals surface area contributed by atoms with E-state index in [1.165, 1.54) is 0 Å². The van der Waals surface area contributed by atoms with E-state index < -0.39 is 6.10 Å². The number of rotatable bonds is 11. The molecule has 0 amide bonds. The topological polar surface area (TPSA) is 54.0 Å². The molecule has 0 saturated carbocycles. The number of aliphatic hydroxyl groups excluding tert-OH is 1. The molecule has 0 spiro atoms. The van der Waals surface area contributed by atoms with Crippen molar-refractivity contribution in [1.29, 1.82) is 0 Å². The van der Waals surface area contributed by atoms with Crippen LogP contribution in [0.4, 0.5) is 0 Å². The molecule has 1 atom stereocenters. The summed E-state index contributed by atoms with van der Waals surface area (Å²) in [6.45, 7) is 4.04. The molecule has 0 aliphatic rings. The van der Waals surface area contributed by atoms with Crippen LogP contribution >= 0.6 is 0 Å². The highest BCUT2D eigenvalue weighted by molar-refractivity contribution is 4.59. The van der Waals surface area contributed by atoms with Gasteiger partial charge < -0.3 is 24.8 Å². The molecule has 5 nitrogen and oxygen atoms in total. The lowest BCUT2D eigenvalue weighted by atomic mass is 10.3. The summed E-state index contributed by atoms with van der Waals surface area (Å²) < 4.78 is 10.0. The number of methoxy groups -OCH3 is 1. The van der Waals surface area contributed by atoms with Gasteiger partial charge in [-0.1, -0.05) is 0 Å². The molecule has 0 aliphatic heterocycles. The number of ether oxygens (including phenoxy) is 2. The lowest BCUT2D eigenvalue weighted by Crippen LogP contribution is -2.32. The SMILES string of the molecule is COCCOCC(O)CNCCCN(C)C. The number of hydrogen-bond acceptors (Lipinski definition) is 5. The zero-order valence-electron chi connectivity index (χ0n) is 10.7. The Kier molecular flexibility index (Phi) is 11.1. The first kappa shape index (κ1) is 15.8. The van der Waals surface area contributed by atoms with Gasteiger partial charge in [0.05, 0.1) is 25.9 Å². The minimum Gasteiger partial charge on any atom is -0.389 e. The summed E-state index contributed by atoms with van der Waals surface area (Å²) in [5.41, 5.74) is 0. The van der Waals surface area contributed by atoms with Crippen molar-refractivity contribution < 1.29 is 14.6 Å². The van der Waals surface area contributed by atoms with Crippen molar-refractivity contribution in [2.75, 3.05) is 60.7 Å². The molecular weight excluding hydrogens is 208 g/mol. The van der Waals surface area contributed by atoms with E-state index in [4.69, 9.17) is 9.47 Å². The first-order chi connectivity index (χ1) is 7.66. The van der Waals surface area contributed by atoms with Gasteiger partial charge in [-0.15, -0.1) is 0 Å². The standard InChI is InChI=1S/C11H26N2O3/c1-13(2)6-4-5-12-9-11(14)10-16-8-7-15-3/h11-12,14H,4-10H2,1-3H3. The Labute approximate surface area is 98.7 Å². The van der Waals surface area contributed by atoms with Crippen molar-refractivity contribution in [1.82, 2.24) is 10.2 Å². The van der Waals surface area contributed by atoms with Crippen molar-refractivity contribution >= 4 is 0 Å². The quantitative estimate of drug-likeness (QED) is 0.474. The molecule has 0 aromatic heterocycles. The van der Waals surface area contributed by atoms with E-state index in [2.05, 4.69) is 24.3 Å². The Bertz CT molecular complexity index is 145. The fourth-order valence-corrected chi connectivity index (χ4v) is 1.21. The normalized spacial score (nSPS) is 13.3. The summed E-state index contributed by atoms with van der Waals surface area (Å²) in [5.74, 6) is 0. The Hall–Kier alpha value is -0.200. The van der Waals surface area contributed by atoms with Crippen LogP contribution in [0, 0.1) is 0 Å². The summed E-state index contributed by atoms with van der Waals surface area (Å²) in [6, 6.07) is 0. The molecule has 5 heteroatoms. The molecule has 2 N–H and O–H groups in total. The molecule has 0 radical (unpaired) electrons. The van der Waals surface area contributed by atoms with E-state index in [1.807, 2.05) is 0 Å². The van der Waals surface area contributed by atoms with E-state index >= 15 is 0 Å². The van der Waals surface area contributed by atoms with Crippen LogP contribution in [0.5, 0.6) is 0 Å². The largest absolute Gasteiger partial charge is 0.389 e. The molecule has 0 saturated heterocycles. The summed E-state index contributed by atoms with van der Waals surface area (Å²) in [4.78, 5) is 2.14. The van der Waals surface area contributed by atoms with Crippen LogP contribution in [-0.4, -0.2) is 76.8 Å². The monoisotopic (exact) mass is 234 g/mol. The number of nitrogens with one attached hydrogen (secondary N) is 1. The molecule has 1 unspecified atom stereocenters. The van der Waals surface area contributed by atoms with Crippen molar-refractivity contribution in [3.63, 3.8) is 0 Å². The van der Waals surface area contributed by atoms with Crippen LogP contribution in [-0.2, 0) is 9.47 Å². The Morgan fingerprint density at radius 2 is 2.06 bits per heavy atom. The summed E-state index contributed by atoms with van der Waals surface area (Å²) in [7, 11) is 5.74. The van der Waals surface area contributed by atoms with E-state index in [0.29, 0.717) is 26.4 Å². The maximum absolute atomic E-state index is 9.52. The average Bonchev–Trinajstić information content (AvgIpc) is 2.23. The summed E-state index contributed by atoms with van der Waals surface area (Å²) >= 11 is 0. The Morgan fingerprint density at radius 1 is 1.31 bits per heavy atom. The van der Waals surface area contributed by atoms with Gasteiger partial charge in [-0.05, 0) is 33.6 Å². The third-order valence-corrected chi connectivity index (χ3v) is 2.08. The van der Waals surface area contributed by atoms with Gasteiger partial charge in [0.25, 0.3) is 0 Å². The summed E-state index contributed by atoms with van der Waals surface area (Å²) in [5, 5.41) is 12.7. The third kappa shape index (κ3) is 11.9. The maximum atomic E-state index is 9.52. The molecule has 0 heterocycles. The average molecular weight is 234 g/mol. The van der Waals surface area contributed by atoms with Crippen molar-refractivity contribution in [2.45, 2.75) is 12.5 Å². The van der Waals surface area contributed by atoms with Crippen LogP contribution in [0.1, 0.15) is 6.42 Å². The lowest BCUT2D eigenvalue weighted by molar-refractivity contribution is 0.0138. The van der Waals surface area contributed by atoms with Crippen molar-refractivity contribution in [3.8, 4) is 0 Å². The van der Waals surface area contributed by atoms with Crippen LogP contribution in [0.15, 0.2) is 0 Å². The van der Waals surface area contributed by atoms with Gasteiger partial charge in [0, 0.05) is 13.7 Å². The van der Waals surface area contributed by atoms with E-state index in [1.54, 1.807) is 7.11 Å². The predicted molar refractivity (Wildman–Crippen MR) is 64.7 cm³/mol. The highest BCUT2D eigenvalue weighted by atomic mass is 16.5. The van der Waals surface area contributed by atoms with Crippen LogP contribution in [0.3, 0.4) is 0 Å². The number of nitrogens with zero attached hydrogens (tertiary/aromatic N) is 1. The first-order valence-electron chi connectivity index (χ1n) is 5.77. The fraction of sp³-hybridized carbons (Fsp3) is 1.00. The number of hydrogen-bond donors (Lipinski definition) is 2.